The van der Waals surface area contributed by atoms with Crippen LogP contribution in [0.5, 0.6) is 11.5 Å². The highest BCUT2D eigenvalue weighted by atomic mass is 32.1. The van der Waals surface area contributed by atoms with Crippen LogP contribution in [0, 0.1) is 0 Å². The molecule has 0 spiro atoms. The van der Waals surface area contributed by atoms with Crippen molar-refractivity contribution in [3.63, 3.8) is 0 Å². The van der Waals surface area contributed by atoms with E-state index in [9.17, 15) is 9.59 Å². The van der Waals surface area contributed by atoms with Crippen LogP contribution in [0.1, 0.15) is 35.7 Å². The number of hydrogen-bond donors (Lipinski definition) is 1. The summed E-state index contributed by atoms with van der Waals surface area (Å²) >= 11 is 1.34. The second-order valence-electron chi connectivity index (χ2n) is 6.63. The van der Waals surface area contributed by atoms with Crippen molar-refractivity contribution >= 4 is 28.2 Å². The molecule has 0 atom stereocenters. The van der Waals surface area contributed by atoms with Crippen LogP contribution in [-0.2, 0) is 11.2 Å². The molecule has 1 aliphatic heterocycles. The van der Waals surface area contributed by atoms with Crippen molar-refractivity contribution in [2.75, 3.05) is 12.1 Å². The topological polar surface area (TPSA) is 77.5 Å². The molecular formula is C22H20N2O4S. The summed E-state index contributed by atoms with van der Waals surface area (Å²) in [5.74, 6) is 1.14. The number of nitrogens with zero attached hydrogens (tertiary/aromatic N) is 1. The summed E-state index contributed by atoms with van der Waals surface area (Å²) in [5, 5.41) is 5.14. The maximum absolute atomic E-state index is 12.3. The molecule has 0 saturated heterocycles. The first-order valence-electron chi connectivity index (χ1n) is 9.40. The van der Waals surface area contributed by atoms with Gasteiger partial charge < -0.3 is 14.8 Å². The highest BCUT2D eigenvalue weighted by molar-refractivity contribution is 7.14. The molecule has 2 heterocycles. The van der Waals surface area contributed by atoms with Gasteiger partial charge in [0.15, 0.2) is 22.4 Å². The van der Waals surface area contributed by atoms with Gasteiger partial charge in [0.2, 0.25) is 12.7 Å². The number of thiazole rings is 1. The van der Waals surface area contributed by atoms with E-state index in [1.807, 2.05) is 47.8 Å². The quantitative estimate of drug-likeness (QED) is 0.573. The standard InChI is InChI=1S/C22H20N2O4S/c1-2-14-3-5-15(6-4-14)18(25)8-10-21(26)24-22-23-17(12-29-22)16-7-9-19-20(11-16)28-13-27-19/h3-7,9,11-12H,2,8,10,13H2,1H3,(H,23,24,26). The summed E-state index contributed by atoms with van der Waals surface area (Å²) in [7, 11) is 0. The minimum Gasteiger partial charge on any atom is -0.454 e. The van der Waals surface area contributed by atoms with E-state index in [0.29, 0.717) is 22.2 Å². The summed E-state index contributed by atoms with van der Waals surface area (Å²) in [6.07, 6.45) is 1.21. The minimum atomic E-state index is -0.227. The molecule has 1 N–H and O–H groups in total. The molecule has 0 fully saturated rings. The van der Waals surface area contributed by atoms with Gasteiger partial charge in [0.05, 0.1) is 5.69 Å². The minimum absolute atomic E-state index is 0.0389. The predicted molar refractivity (Wildman–Crippen MR) is 112 cm³/mol. The third-order valence-corrected chi connectivity index (χ3v) is 5.44. The van der Waals surface area contributed by atoms with Crippen LogP contribution in [0.3, 0.4) is 0 Å². The monoisotopic (exact) mass is 408 g/mol. The number of fused-ring (bicyclic) bond motifs is 1. The second kappa shape index (κ2) is 8.45. The first-order chi connectivity index (χ1) is 14.1. The van der Waals surface area contributed by atoms with Crippen LogP contribution >= 0.6 is 11.3 Å². The van der Waals surface area contributed by atoms with Gasteiger partial charge in [-0.25, -0.2) is 4.98 Å². The lowest BCUT2D eigenvalue weighted by atomic mass is 10.0. The molecule has 148 valence electrons. The van der Waals surface area contributed by atoms with Crippen LogP contribution in [0.2, 0.25) is 0 Å². The third-order valence-electron chi connectivity index (χ3n) is 4.68. The highest BCUT2D eigenvalue weighted by Crippen LogP contribution is 2.36. The van der Waals surface area contributed by atoms with Crippen molar-refractivity contribution in [3.05, 3.63) is 59.0 Å². The Labute approximate surface area is 172 Å². The molecule has 0 unspecified atom stereocenters. The number of amides is 1. The number of carbonyl (C=O) groups is 2. The SMILES string of the molecule is CCc1ccc(C(=O)CCC(=O)Nc2nc(-c3ccc4c(c3)OCO4)cs2)cc1. The number of benzene rings is 2. The van der Waals surface area contributed by atoms with Crippen molar-refractivity contribution in [2.45, 2.75) is 26.2 Å². The first kappa shape index (κ1) is 19.1. The lowest BCUT2D eigenvalue weighted by molar-refractivity contribution is -0.116. The number of carbonyl (C=O) groups excluding carboxylic acids is 2. The summed E-state index contributed by atoms with van der Waals surface area (Å²) in [5.41, 5.74) is 3.45. The van der Waals surface area contributed by atoms with Crippen molar-refractivity contribution in [2.24, 2.45) is 0 Å². The zero-order valence-electron chi connectivity index (χ0n) is 15.9. The largest absolute Gasteiger partial charge is 0.454 e. The third kappa shape index (κ3) is 4.46. The molecule has 0 saturated carbocycles. The van der Waals surface area contributed by atoms with Crippen molar-refractivity contribution in [1.29, 1.82) is 0 Å². The van der Waals surface area contributed by atoms with Gasteiger partial charge in [0.1, 0.15) is 0 Å². The smallest absolute Gasteiger partial charge is 0.231 e. The highest BCUT2D eigenvalue weighted by Gasteiger charge is 2.16. The Balaban J connectivity index is 1.32. The van der Waals surface area contributed by atoms with Crippen LogP contribution < -0.4 is 14.8 Å². The molecule has 6 nitrogen and oxygen atoms in total. The van der Waals surface area contributed by atoms with Gasteiger partial charge in [-0.1, -0.05) is 31.2 Å². The van der Waals surface area contributed by atoms with E-state index in [2.05, 4.69) is 17.2 Å². The Kier molecular flexibility index (Phi) is 5.57. The van der Waals surface area contributed by atoms with E-state index in [1.165, 1.54) is 16.9 Å². The molecule has 0 bridgehead atoms. The summed E-state index contributed by atoms with van der Waals surface area (Å²) in [6.45, 7) is 2.29. The molecule has 1 amide bonds. The maximum Gasteiger partial charge on any atom is 0.231 e. The predicted octanol–water partition coefficient (Wildman–Crippen LogP) is 4.70. The van der Waals surface area contributed by atoms with Crippen LogP contribution in [-0.4, -0.2) is 23.5 Å². The van der Waals surface area contributed by atoms with Gasteiger partial charge in [0, 0.05) is 29.3 Å². The Morgan fingerprint density at radius 1 is 1.07 bits per heavy atom. The number of Topliss-reactive ketones (excluding diaryl/α,β-unsaturated/α-hetero) is 1. The van der Waals surface area contributed by atoms with E-state index in [1.54, 1.807) is 0 Å². The second-order valence-corrected chi connectivity index (χ2v) is 7.49. The summed E-state index contributed by atoms with van der Waals surface area (Å²) in [6, 6.07) is 13.1. The van der Waals surface area contributed by atoms with Crippen LogP contribution in [0.15, 0.2) is 47.8 Å². The molecule has 1 aromatic heterocycles. The molecular weight excluding hydrogens is 388 g/mol. The lowest BCUT2D eigenvalue weighted by Gasteiger charge is -2.03. The molecule has 7 heteroatoms. The van der Waals surface area contributed by atoms with Gasteiger partial charge in [-0.3, -0.25) is 9.59 Å². The van der Waals surface area contributed by atoms with Gasteiger partial charge in [-0.15, -0.1) is 11.3 Å². The molecule has 29 heavy (non-hydrogen) atoms. The number of aryl methyl sites for hydroxylation is 1. The number of nitrogens with one attached hydrogen (secondary N) is 1. The molecule has 4 rings (SSSR count). The van der Waals surface area contributed by atoms with Gasteiger partial charge in [-0.05, 0) is 30.2 Å². The zero-order valence-corrected chi connectivity index (χ0v) is 16.8. The average molecular weight is 408 g/mol. The molecule has 1 aliphatic rings. The van der Waals surface area contributed by atoms with Crippen molar-refractivity contribution in [3.8, 4) is 22.8 Å². The molecule has 3 aromatic rings. The summed E-state index contributed by atoms with van der Waals surface area (Å²) in [4.78, 5) is 28.9. The fraction of sp³-hybridized carbons (Fsp3) is 0.227. The van der Waals surface area contributed by atoms with E-state index in [-0.39, 0.29) is 31.3 Å². The van der Waals surface area contributed by atoms with E-state index >= 15 is 0 Å². The van der Waals surface area contributed by atoms with E-state index < -0.39 is 0 Å². The maximum atomic E-state index is 12.3. The Morgan fingerprint density at radius 2 is 1.86 bits per heavy atom. The molecule has 0 aliphatic carbocycles. The number of hydrogen-bond acceptors (Lipinski definition) is 6. The summed E-state index contributed by atoms with van der Waals surface area (Å²) < 4.78 is 10.7. The van der Waals surface area contributed by atoms with Crippen LogP contribution in [0.25, 0.3) is 11.3 Å². The molecule has 2 aromatic carbocycles. The van der Waals surface area contributed by atoms with E-state index in [0.717, 1.165) is 17.7 Å². The van der Waals surface area contributed by atoms with E-state index in [4.69, 9.17) is 9.47 Å². The fourth-order valence-electron chi connectivity index (χ4n) is 3.00. The van der Waals surface area contributed by atoms with Gasteiger partial charge >= 0.3 is 0 Å². The first-order valence-corrected chi connectivity index (χ1v) is 10.3. The Morgan fingerprint density at radius 3 is 2.66 bits per heavy atom. The normalized spacial score (nSPS) is 12.0. The number of ketones is 1. The van der Waals surface area contributed by atoms with Gasteiger partial charge in [0.25, 0.3) is 0 Å². The lowest BCUT2D eigenvalue weighted by Crippen LogP contribution is -2.13. The zero-order chi connectivity index (χ0) is 20.2. The number of aromatic nitrogens is 1. The van der Waals surface area contributed by atoms with Crippen LogP contribution in [0.4, 0.5) is 5.13 Å². The van der Waals surface area contributed by atoms with Crippen molar-refractivity contribution < 1.29 is 19.1 Å². The Hall–Kier alpha value is -3.19. The number of ether oxygens (including phenoxy) is 2. The average Bonchev–Trinajstić information content (AvgIpc) is 3.41. The fourth-order valence-corrected chi connectivity index (χ4v) is 3.73. The van der Waals surface area contributed by atoms with Gasteiger partial charge in [-0.2, -0.15) is 0 Å². The Bertz CT molecular complexity index is 1040. The number of anilines is 1. The number of rotatable bonds is 7. The van der Waals surface area contributed by atoms with Crippen molar-refractivity contribution in [1.82, 2.24) is 4.98 Å². The molecule has 0 radical (unpaired) electrons.